The standard InChI is InChI=1S/C18H23N9O/c1-12-20-17-4-2-13(11-27(17)23-12)22-18(28)25-8-6-14(10-25)21-15-3-5-16-19-7-9-26(16)24-15/h3,5,7,9,13-14H,2,4,6,8,10-11H2,1H3,(H,21,24)(H,22,28). The molecule has 1 saturated heterocycles. The maximum absolute atomic E-state index is 12.7. The molecule has 0 saturated carbocycles. The van der Waals surface area contributed by atoms with E-state index in [0.29, 0.717) is 13.1 Å². The molecule has 2 aliphatic heterocycles. The lowest BCUT2D eigenvalue weighted by molar-refractivity contribution is 0.199. The predicted octanol–water partition coefficient (Wildman–Crippen LogP) is 0.840. The van der Waals surface area contributed by atoms with E-state index in [1.54, 1.807) is 10.7 Å². The highest BCUT2D eigenvalue weighted by molar-refractivity contribution is 5.75. The van der Waals surface area contributed by atoms with Crippen molar-refractivity contribution in [2.24, 2.45) is 0 Å². The molecule has 1 fully saturated rings. The fourth-order valence-electron chi connectivity index (χ4n) is 3.98. The van der Waals surface area contributed by atoms with Crippen LogP contribution < -0.4 is 10.6 Å². The van der Waals surface area contributed by atoms with E-state index in [0.717, 1.165) is 48.9 Å². The smallest absolute Gasteiger partial charge is 0.317 e. The van der Waals surface area contributed by atoms with Gasteiger partial charge in [0, 0.05) is 37.9 Å². The van der Waals surface area contributed by atoms with E-state index in [4.69, 9.17) is 0 Å². The minimum Gasteiger partial charge on any atom is -0.364 e. The van der Waals surface area contributed by atoms with Gasteiger partial charge in [-0.05, 0) is 31.9 Å². The Morgan fingerprint density at radius 3 is 3.04 bits per heavy atom. The predicted molar refractivity (Wildman–Crippen MR) is 102 cm³/mol. The first kappa shape index (κ1) is 17.0. The van der Waals surface area contributed by atoms with Crippen LogP contribution in [-0.4, -0.2) is 65.5 Å². The maximum atomic E-state index is 12.7. The summed E-state index contributed by atoms with van der Waals surface area (Å²) in [6, 6.07) is 4.13. The van der Waals surface area contributed by atoms with Crippen molar-refractivity contribution >= 4 is 17.5 Å². The van der Waals surface area contributed by atoms with Gasteiger partial charge in [-0.25, -0.2) is 24.0 Å². The number of aromatic nitrogens is 6. The maximum Gasteiger partial charge on any atom is 0.317 e. The largest absolute Gasteiger partial charge is 0.364 e. The molecule has 2 unspecified atom stereocenters. The lowest BCUT2D eigenvalue weighted by Gasteiger charge is -2.26. The zero-order chi connectivity index (χ0) is 19.1. The SMILES string of the molecule is Cc1nc2n(n1)CC(NC(=O)N1CCC(Nc3ccc4nccn4n3)C1)CC2. The number of rotatable bonds is 3. The van der Waals surface area contributed by atoms with Gasteiger partial charge in [-0.1, -0.05) is 0 Å². The van der Waals surface area contributed by atoms with Crippen LogP contribution >= 0.6 is 0 Å². The Morgan fingerprint density at radius 2 is 2.11 bits per heavy atom. The minimum absolute atomic E-state index is 0.00684. The van der Waals surface area contributed by atoms with E-state index >= 15 is 0 Å². The van der Waals surface area contributed by atoms with E-state index < -0.39 is 0 Å². The molecule has 2 atom stereocenters. The molecular weight excluding hydrogens is 358 g/mol. The van der Waals surface area contributed by atoms with Gasteiger partial charge in [-0.3, -0.25) is 0 Å². The molecule has 3 aromatic rings. The van der Waals surface area contributed by atoms with Crippen molar-refractivity contribution in [3.8, 4) is 0 Å². The van der Waals surface area contributed by atoms with Gasteiger partial charge in [0.05, 0.1) is 12.6 Å². The molecule has 3 aromatic heterocycles. The lowest BCUT2D eigenvalue weighted by atomic mass is 10.1. The number of amides is 2. The number of urea groups is 1. The van der Waals surface area contributed by atoms with Crippen LogP contribution in [0.5, 0.6) is 0 Å². The van der Waals surface area contributed by atoms with Crippen LogP contribution in [0.2, 0.25) is 0 Å². The summed E-state index contributed by atoms with van der Waals surface area (Å²) >= 11 is 0. The number of hydrogen-bond donors (Lipinski definition) is 2. The van der Waals surface area contributed by atoms with Gasteiger partial charge in [0.15, 0.2) is 5.65 Å². The van der Waals surface area contributed by atoms with E-state index in [1.165, 1.54) is 0 Å². The average Bonchev–Trinajstić information content (AvgIpc) is 3.39. The van der Waals surface area contributed by atoms with E-state index in [9.17, 15) is 4.79 Å². The normalized spacial score (nSPS) is 21.7. The first-order valence-electron chi connectivity index (χ1n) is 9.67. The molecule has 146 valence electrons. The molecule has 2 amide bonds. The molecule has 2 N–H and O–H groups in total. The van der Waals surface area contributed by atoms with Crippen molar-refractivity contribution in [1.29, 1.82) is 0 Å². The molecule has 0 bridgehead atoms. The number of carbonyl (C=O) groups is 1. The number of fused-ring (bicyclic) bond motifs is 2. The minimum atomic E-state index is -0.00684. The molecule has 10 heteroatoms. The Labute approximate surface area is 162 Å². The Kier molecular flexibility index (Phi) is 4.10. The number of likely N-dealkylation sites (tertiary alicyclic amines) is 1. The monoisotopic (exact) mass is 381 g/mol. The molecule has 2 aliphatic rings. The van der Waals surface area contributed by atoms with Crippen molar-refractivity contribution in [3.63, 3.8) is 0 Å². The summed E-state index contributed by atoms with van der Waals surface area (Å²) in [5.74, 6) is 2.59. The van der Waals surface area contributed by atoms with Crippen LogP contribution in [0.4, 0.5) is 10.6 Å². The Balaban J connectivity index is 1.16. The van der Waals surface area contributed by atoms with Crippen LogP contribution in [0.15, 0.2) is 24.5 Å². The quantitative estimate of drug-likeness (QED) is 0.697. The van der Waals surface area contributed by atoms with Gasteiger partial charge in [0.2, 0.25) is 0 Å². The summed E-state index contributed by atoms with van der Waals surface area (Å²) in [4.78, 5) is 23.2. The Morgan fingerprint density at radius 1 is 1.18 bits per heavy atom. The number of imidazole rings is 1. The van der Waals surface area contributed by atoms with Gasteiger partial charge in [0.25, 0.3) is 0 Å². The molecular formula is C18H23N9O. The van der Waals surface area contributed by atoms with E-state index in [-0.39, 0.29) is 18.1 Å². The van der Waals surface area contributed by atoms with Crippen molar-refractivity contribution in [3.05, 3.63) is 36.2 Å². The second kappa shape index (κ2) is 6.77. The summed E-state index contributed by atoms with van der Waals surface area (Å²) in [6.07, 6.45) is 6.18. The van der Waals surface area contributed by atoms with Crippen molar-refractivity contribution in [1.82, 2.24) is 39.6 Å². The zero-order valence-electron chi connectivity index (χ0n) is 15.7. The fraction of sp³-hybridized carbons (Fsp3) is 0.500. The highest BCUT2D eigenvalue weighted by Crippen LogP contribution is 2.17. The second-order valence-corrected chi connectivity index (χ2v) is 7.47. The number of hydrogen-bond acceptors (Lipinski definition) is 6. The van der Waals surface area contributed by atoms with Crippen LogP contribution in [-0.2, 0) is 13.0 Å². The van der Waals surface area contributed by atoms with Gasteiger partial charge in [-0.15, -0.1) is 5.10 Å². The zero-order valence-corrected chi connectivity index (χ0v) is 15.7. The number of nitrogens with zero attached hydrogens (tertiary/aromatic N) is 7. The molecule has 5 heterocycles. The van der Waals surface area contributed by atoms with Gasteiger partial charge >= 0.3 is 6.03 Å². The van der Waals surface area contributed by atoms with Gasteiger partial charge < -0.3 is 15.5 Å². The topological polar surface area (TPSA) is 105 Å². The summed E-state index contributed by atoms with van der Waals surface area (Å²) in [5, 5.41) is 15.5. The Bertz CT molecular complexity index is 1010. The molecule has 28 heavy (non-hydrogen) atoms. The third kappa shape index (κ3) is 3.25. The third-order valence-corrected chi connectivity index (χ3v) is 5.37. The van der Waals surface area contributed by atoms with Crippen molar-refractivity contribution in [2.45, 2.75) is 44.8 Å². The lowest BCUT2D eigenvalue weighted by Crippen LogP contribution is -2.47. The number of carbonyl (C=O) groups excluding carboxylic acids is 1. The van der Waals surface area contributed by atoms with Crippen LogP contribution in [0.3, 0.4) is 0 Å². The van der Waals surface area contributed by atoms with Gasteiger partial charge in [-0.2, -0.15) is 5.10 Å². The second-order valence-electron chi connectivity index (χ2n) is 7.47. The van der Waals surface area contributed by atoms with E-state index in [2.05, 4.69) is 30.8 Å². The summed E-state index contributed by atoms with van der Waals surface area (Å²) in [7, 11) is 0. The first-order chi connectivity index (χ1) is 13.6. The third-order valence-electron chi connectivity index (χ3n) is 5.37. The fourth-order valence-corrected chi connectivity index (χ4v) is 3.98. The molecule has 0 aromatic carbocycles. The summed E-state index contributed by atoms with van der Waals surface area (Å²) in [6.45, 7) is 3.98. The van der Waals surface area contributed by atoms with Crippen LogP contribution in [0.25, 0.3) is 5.65 Å². The summed E-state index contributed by atoms with van der Waals surface area (Å²) in [5.41, 5.74) is 0.816. The molecule has 0 radical (unpaired) electrons. The average molecular weight is 381 g/mol. The highest BCUT2D eigenvalue weighted by Gasteiger charge is 2.29. The van der Waals surface area contributed by atoms with E-state index in [1.807, 2.05) is 34.8 Å². The van der Waals surface area contributed by atoms with Crippen molar-refractivity contribution < 1.29 is 4.79 Å². The van der Waals surface area contributed by atoms with Crippen molar-refractivity contribution in [2.75, 3.05) is 18.4 Å². The number of anilines is 1. The molecule has 10 nitrogen and oxygen atoms in total. The molecule has 0 spiro atoms. The van der Waals surface area contributed by atoms with Crippen LogP contribution in [0, 0.1) is 6.92 Å². The molecule has 5 rings (SSSR count). The highest BCUT2D eigenvalue weighted by atomic mass is 16.2. The first-order valence-corrected chi connectivity index (χ1v) is 9.67. The van der Waals surface area contributed by atoms with Crippen LogP contribution in [0.1, 0.15) is 24.5 Å². The van der Waals surface area contributed by atoms with Gasteiger partial charge in [0.1, 0.15) is 17.5 Å². The summed E-state index contributed by atoms with van der Waals surface area (Å²) < 4.78 is 3.65. The number of nitrogens with one attached hydrogen (secondary N) is 2. The number of aryl methyl sites for hydroxylation is 2. The Hall–Kier alpha value is -3.17. The molecule has 0 aliphatic carbocycles.